The van der Waals surface area contributed by atoms with E-state index in [0.717, 1.165) is 0 Å². The first-order valence-corrected chi connectivity index (χ1v) is 9.53. The van der Waals surface area contributed by atoms with Crippen LogP contribution in [0.4, 0.5) is 14.9 Å². The summed E-state index contributed by atoms with van der Waals surface area (Å²) in [5.41, 5.74) is 7.71. The maximum atomic E-state index is 14.5. The maximum Gasteiger partial charge on any atom is 0.319 e. The Labute approximate surface area is 173 Å². The monoisotopic (exact) mass is 410 g/mol. The van der Waals surface area contributed by atoms with Crippen molar-refractivity contribution in [2.45, 2.75) is 26.4 Å². The van der Waals surface area contributed by atoms with Crippen molar-refractivity contribution in [3.8, 4) is 11.1 Å². The number of aliphatic hydroxyl groups excluding tert-OH is 1. The number of aliphatic hydroxyl groups is 1. The van der Waals surface area contributed by atoms with Crippen LogP contribution in [0.3, 0.4) is 0 Å². The van der Waals surface area contributed by atoms with E-state index in [2.05, 4.69) is 15.6 Å². The highest BCUT2D eigenvalue weighted by atomic mass is 19.1. The third kappa shape index (κ3) is 4.38. The summed E-state index contributed by atoms with van der Waals surface area (Å²) >= 11 is 0. The minimum Gasteiger partial charge on any atom is -0.391 e. The predicted octanol–water partition coefficient (Wildman–Crippen LogP) is 3.34. The largest absolute Gasteiger partial charge is 0.391 e. The van der Waals surface area contributed by atoms with Gasteiger partial charge in [-0.05, 0) is 37.6 Å². The number of hydrogen-bond donors (Lipinski definition) is 4. The van der Waals surface area contributed by atoms with E-state index in [9.17, 15) is 19.1 Å². The highest BCUT2D eigenvalue weighted by molar-refractivity contribution is 6.12. The molecule has 3 aromatic rings. The number of pyridine rings is 1. The van der Waals surface area contributed by atoms with Crippen LogP contribution in [0.25, 0.3) is 22.0 Å². The smallest absolute Gasteiger partial charge is 0.319 e. The molecule has 156 valence electrons. The van der Waals surface area contributed by atoms with Gasteiger partial charge in [0.05, 0.1) is 17.2 Å². The molecule has 5 N–H and O–H groups in total. The van der Waals surface area contributed by atoms with Crippen LogP contribution in [-0.4, -0.2) is 34.7 Å². The number of primary amides is 1. The molecule has 1 atom stereocenters. The van der Waals surface area contributed by atoms with Gasteiger partial charge in [-0.25, -0.2) is 9.18 Å². The van der Waals surface area contributed by atoms with Crippen molar-refractivity contribution in [1.29, 1.82) is 0 Å². The van der Waals surface area contributed by atoms with Crippen LogP contribution in [0.2, 0.25) is 0 Å². The highest BCUT2D eigenvalue weighted by Crippen LogP contribution is 2.34. The molecule has 0 saturated carbocycles. The number of carbonyl (C=O) groups excluding carboxylic acids is 2. The lowest BCUT2D eigenvalue weighted by molar-refractivity contribution is 0.100. The maximum absolute atomic E-state index is 14.5. The van der Waals surface area contributed by atoms with E-state index < -0.39 is 23.9 Å². The van der Waals surface area contributed by atoms with E-state index in [1.165, 1.54) is 6.07 Å². The Bertz CT molecular complexity index is 1120. The standard InChI is InChI=1S/C22H23FN4O3/c1-3-14(28)11-25-22(30)27-13-8-9-18-16(10-13)20(21(24)29)19(12(2)26-18)15-6-4-5-7-17(15)23/h4-10,14,28H,3,11H2,1-2H3,(H2,24,29)(H2,25,27,30). The molecule has 8 heteroatoms. The number of benzene rings is 2. The number of amides is 3. The van der Waals surface area contributed by atoms with Gasteiger partial charge in [0.1, 0.15) is 5.82 Å². The molecule has 0 bridgehead atoms. The van der Waals surface area contributed by atoms with E-state index >= 15 is 0 Å². The summed E-state index contributed by atoms with van der Waals surface area (Å²) < 4.78 is 14.5. The molecule has 1 heterocycles. The zero-order chi connectivity index (χ0) is 21.8. The minimum atomic E-state index is -0.726. The molecular formula is C22H23FN4O3. The van der Waals surface area contributed by atoms with Crippen LogP contribution in [0.1, 0.15) is 29.4 Å². The van der Waals surface area contributed by atoms with Crippen molar-refractivity contribution in [2.75, 3.05) is 11.9 Å². The number of anilines is 1. The van der Waals surface area contributed by atoms with Crippen molar-refractivity contribution in [3.05, 3.63) is 59.5 Å². The van der Waals surface area contributed by atoms with Crippen LogP contribution in [-0.2, 0) is 0 Å². The zero-order valence-electron chi connectivity index (χ0n) is 16.7. The fraction of sp³-hybridized carbons (Fsp3) is 0.227. The molecule has 0 spiro atoms. The number of urea groups is 1. The summed E-state index contributed by atoms with van der Waals surface area (Å²) in [7, 11) is 0. The number of nitrogens with one attached hydrogen (secondary N) is 2. The van der Waals surface area contributed by atoms with Gasteiger partial charge in [-0.2, -0.15) is 0 Å². The average molecular weight is 410 g/mol. The van der Waals surface area contributed by atoms with Crippen LogP contribution < -0.4 is 16.4 Å². The first kappa shape index (κ1) is 21.2. The first-order chi connectivity index (χ1) is 14.3. The summed E-state index contributed by atoms with van der Waals surface area (Å²) in [5.74, 6) is -1.22. The number of nitrogens with zero attached hydrogens (tertiary/aromatic N) is 1. The van der Waals surface area contributed by atoms with E-state index in [4.69, 9.17) is 5.73 Å². The molecule has 0 aliphatic heterocycles. The van der Waals surface area contributed by atoms with Crippen molar-refractivity contribution < 1.29 is 19.1 Å². The molecule has 1 unspecified atom stereocenters. The Balaban J connectivity index is 2.07. The fourth-order valence-corrected chi connectivity index (χ4v) is 3.24. The third-order valence-electron chi connectivity index (χ3n) is 4.78. The van der Waals surface area contributed by atoms with Gasteiger partial charge in [0.15, 0.2) is 0 Å². The summed E-state index contributed by atoms with van der Waals surface area (Å²) in [5, 5.41) is 15.2. The summed E-state index contributed by atoms with van der Waals surface area (Å²) in [4.78, 5) is 28.9. The molecule has 7 nitrogen and oxygen atoms in total. The number of fused-ring (bicyclic) bond motifs is 1. The zero-order valence-corrected chi connectivity index (χ0v) is 16.7. The normalized spacial score (nSPS) is 11.9. The van der Waals surface area contributed by atoms with Gasteiger partial charge in [0.25, 0.3) is 0 Å². The van der Waals surface area contributed by atoms with Gasteiger partial charge in [-0.3, -0.25) is 9.78 Å². The van der Waals surface area contributed by atoms with Gasteiger partial charge in [0, 0.05) is 34.4 Å². The molecule has 0 saturated heterocycles. The quantitative estimate of drug-likeness (QED) is 0.498. The molecule has 0 aliphatic carbocycles. The van der Waals surface area contributed by atoms with Crippen LogP contribution >= 0.6 is 0 Å². The fourth-order valence-electron chi connectivity index (χ4n) is 3.24. The summed E-state index contributed by atoms with van der Waals surface area (Å²) in [6.45, 7) is 3.61. The Hall–Kier alpha value is -3.52. The Morgan fingerprint density at radius 2 is 1.97 bits per heavy atom. The third-order valence-corrected chi connectivity index (χ3v) is 4.78. The molecule has 3 rings (SSSR count). The van der Waals surface area contributed by atoms with Crippen LogP contribution in [0.15, 0.2) is 42.5 Å². The van der Waals surface area contributed by atoms with Crippen molar-refractivity contribution in [2.24, 2.45) is 5.73 Å². The summed E-state index contributed by atoms with van der Waals surface area (Å²) in [6.07, 6.45) is -0.119. The number of halogens is 1. The summed E-state index contributed by atoms with van der Waals surface area (Å²) in [6, 6.07) is 10.4. The molecule has 0 fully saturated rings. The van der Waals surface area contributed by atoms with Gasteiger partial charge in [0.2, 0.25) is 5.91 Å². The minimum absolute atomic E-state index is 0.112. The lowest BCUT2D eigenvalue weighted by atomic mass is 9.94. The molecule has 1 aromatic heterocycles. The van der Waals surface area contributed by atoms with Gasteiger partial charge in [-0.15, -0.1) is 0 Å². The topological polar surface area (TPSA) is 117 Å². The number of nitrogens with two attached hydrogens (primary N) is 1. The van der Waals surface area contributed by atoms with E-state index in [1.54, 1.807) is 50.2 Å². The average Bonchev–Trinajstić information content (AvgIpc) is 2.71. The number of rotatable bonds is 6. The highest BCUT2D eigenvalue weighted by Gasteiger charge is 2.21. The Morgan fingerprint density at radius 3 is 2.63 bits per heavy atom. The second kappa shape index (κ2) is 8.87. The predicted molar refractivity (Wildman–Crippen MR) is 114 cm³/mol. The van der Waals surface area contributed by atoms with Gasteiger partial charge >= 0.3 is 6.03 Å². The molecular weight excluding hydrogens is 387 g/mol. The van der Waals surface area contributed by atoms with E-state index in [-0.39, 0.29) is 17.7 Å². The number of aryl methyl sites for hydroxylation is 1. The van der Waals surface area contributed by atoms with Crippen LogP contribution in [0, 0.1) is 12.7 Å². The second-order valence-electron chi connectivity index (χ2n) is 6.92. The van der Waals surface area contributed by atoms with E-state index in [1.807, 2.05) is 0 Å². The van der Waals surface area contributed by atoms with Gasteiger partial charge in [-0.1, -0.05) is 25.1 Å². The second-order valence-corrected chi connectivity index (χ2v) is 6.92. The number of carbonyl (C=O) groups is 2. The van der Waals surface area contributed by atoms with Crippen molar-refractivity contribution in [1.82, 2.24) is 10.3 Å². The molecule has 30 heavy (non-hydrogen) atoms. The first-order valence-electron chi connectivity index (χ1n) is 9.53. The van der Waals surface area contributed by atoms with Gasteiger partial charge < -0.3 is 21.5 Å². The van der Waals surface area contributed by atoms with Crippen molar-refractivity contribution in [3.63, 3.8) is 0 Å². The van der Waals surface area contributed by atoms with Crippen molar-refractivity contribution >= 4 is 28.5 Å². The Morgan fingerprint density at radius 1 is 1.23 bits per heavy atom. The lowest BCUT2D eigenvalue weighted by Crippen LogP contribution is -2.34. The molecule has 2 aromatic carbocycles. The molecule has 3 amide bonds. The molecule has 0 radical (unpaired) electrons. The lowest BCUT2D eigenvalue weighted by Gasteiger charge is -2.15. The van der Waals surface area contributed by atoms with E-state index in [0.29, 0.717) is 34.3 Å². The molecule has 0 aliphatic rings. The SMILES string of the molecule is CCC(O)CNC(=O)Nc1ccc2nc(C)c(-c3ccccc3F)c(C(N)=O)c2c1. The van der Waals surface area contributed by atoms with Crippen LogP contribution in [0.5, 0.6) is 0 Å². The Kier molecular flexibility index (Phi) is 6.27. The number of hydrogen-bond acceptors (Lipinski definition) is 4. The number of aromatic nitrogens is 1.